The lowest BCUT2D eigenvalue weighted by atomic mass is 10.0. The molecule has 1 aliphatic rings. The Kier molecular flexibility index (Phi) is 7.10. The minimum absolute atomic E-state index is 0.123. The monoisotopic (exact) mass is 443 g/mol. The zero-order chi connectivity index (χ0) is 22.7. The number of primary amides is 1. The lowest BCUT2D eigenvalue weighted by Gasteiger charge is -2.14. The van der Waals surface area contributed by atoms with Crippen LogP contribution >= 0.6 is 11.8 Å². The normalized spacial score (nSPS) is 14.7. The van der Waals surface area contributed by atoms with E-state index in [1.807, 2.05) is 46.8 Å². The SMILES string of the molecule is CCOc1cc2c(cc1CNC(=O)CSc1nc(C)c(C)c(C)c1C(N)=O)O[C@H](C)C2. The van der Waals surface area contributed by atoms with Crippen LogP contribution in [0.5, 0.6) is 11.5 Å². The summed E-state index contributed by atoms with van der Waals surface area (Å²) in [4.78, 5) is 28.9. The highest BCUT2D eigenvalue weighted by atomic mass is 32.2. The minimum atomic E-state index is -0.537. The topological polar surface area (TPSA) is 104 Å². The van der Waals surface area contributed by atoms with Crippen molar-refractivity contribution in [3.63, 3.8) is 0 Å². The number of aryl methyl sites for hydroxylation is 1. The Bertz CT molecular complexity index is 1020. The molecule has 0 spiro atoms. The van der Waals surface area contributed by atoms with E-state index in [1.165, 1.54) is 11.8 Å². The van der Waals surface area contributed by atoms with E-state index < -0.39 is 5.91 Å². The summed E-state index contributed by atoms with van der Waals surface area (Å²) in [5.41, 5.74) is 10.5. The molecule has 0 saturated carbocycles. The van der Waals surface area contributed by atoms with Crippen molar-refractivity contribution < 1.29 is 19.1 Å². The summed E-state index contributed by atoms with van der Waals surface area (Å²) in [5, 5.41) is 3.40. The Morgan fingerprint density at radius 2 is 2.03 bits per heavy atom. The van der Waals surface area contributed by atoms with Crippen LogP contribution in [0.2, 0.25) is 0 Å². The molecule has 166 valence electrons. The molecule has 0 aliphatic carbocycles. The first kappa shape index (κ1) is 22.9. The molecule has 1 aromatic heterocycles. The predicted molar refractivity (Wildman–Crippen MR) is 121 cm³/mol. The number of nitrogens with one attached hydrogen (secondary N) is 1. The second-order valence-electron chi connectivity index (χ2n) is 7.69. The van der Waals surface area contributed by atoms with Crippen molar-refractivity contribution in [1.82, 2.24) is 10.3 Å². The maximum Gasteiger partial charge on any atom is 0.251 e. The van der Waals surface area contributed by atoms with Gasteiger partial charge in [0.1, 0.15) is 22.6 Å². The Hall–Kier alpha value is -2.74. The first-order valence-electron chi connectivity index (χ1n) is 10.3. The van der Waals surface area contributed by atoms with Gasteiger partial charge < -0.3 is 20.5 Å². The molecule has 0 unspecified atom stereocenters. The number of benzene rings is 1. The number of hydrogen-bond acceptors (Lipinski definition) is 6. The molecule has 1 aliphatic heterocycles. The van der Waals surface area contributed by atoms with Crippen molar-refractivity contribution in [1.29, 1.82) is 0 Å². The van der Waals surface area contributed by atoms with Gasteiger partial charge in [0.25, 0.3) is 5.91 Å². The highest BCUT2D eigenvalue weighted by molar-refractivity contribution is 8.00. The number of ether oxygens (including phenoxy) is 2. The van der Waals surface area contributed by atoms with Crippen molar-refractivity contribution in [2.75, 3.05) is 12.4 Å². The number of fused-ring (bicyclic) bond motifs is 1. The fraction of sp³-hybridized carbons (Fsp3) is 0.435. The predicted octanol–water partition coefficient (Wildman–Crippen LogP) is 3.24. The number of rotatable bonds is 8. The first-order chi connectivity index (χ1) is 14.7. The highest BCUT2D eigenvalue weighted by Gasteiger charge is 2.22. The second-order valence-corrected chi connectivity index (χ2v) is 8.65. The third kappa shape index (κ3) is 5.12. The number of aromatic nitrogens is 1. The standard InChI is InChI=1S/C23H29N3O4S/c1-6-29-18-8-16-7-12(2)30-19(16)9-17(18)10-25-20(27)11-31-23-21(22(24)28)14(4)13(3)15(5)26-23/h8-9,12H,6-7,10-11H2,1-5H3,(H2,24,28)(H,25,27)/t12-/m1/s1. The van der Waals surface area contributed by atoms with Gasteiger partial charge in [-0.25, -0.2) is 4.98 Å². The summed E-state index contributed by atoms with van der Waals surface area (Å²) < 4.78 is 11.6. The maximum absolute atomic E-state index is 12.5. The van der Waals surface area contributed by atoms with Crippen LogP contribution in [0.4, 0.5) is 0 Å². The van der Waals surface area contributed by atoms with Crippen molar-refractivity contribution in [3.05, 3.63) is 45.6 Å². The number of amides is 2. The summed E-state index contributed by atoms with van der Waals surface area (Å²) in [6, 6.07) is 3.94. The van der Waals surface area contributed by atoms with E-state index in [1.54, 1.807) is 0 Å². The summed E-state index contributed by atoms with van der Waals surface area (Å²) in [7, 11) is 0. The van der Waals surface area contributed by atoms with Crippen molar-refractivity contribution in [2.45, 2.75) is 58.7 Å². The van der Waals surface area contributed by atoms with Crippen molar-refractivity contribution >= 4 is 23.6 Å². The Balaban J connectivity index is 1.68. The quantitative estimate of drug-likeness (QED) is 0.607. The molecule has 2 aromatic rings. The fourth-order valence-electron chi connectivity index (χ4n) is 3.59. The molecule has 1 atom stereocenters. The number of carbonyl (C=O) groups excluding carboxylic acids is 2. The number of pyridine rings is 1. The summed E-state index contributed by atoms with van der Waals surface area (Å²) in [6.07, 6.45) is 0.989. The van der Waals surface area contributed by atoms with Gasteiger partial charge in [0.05, 0.1) is 17.9 Å². The van der Waals surface area contributed by atoms with Crippen LogP contribution in [0.3, 0.4) is 0 Å². The molecule has 0 bridgehead atoms. The summed E-state index contributed by atoms with van der Waals surface area (Å²) in [5.74, 6) is 1.02. The summed E-state index contributed by atoms with van der Waals surface area (Å²) >= 11 is 1.21. The number of carbonyl (C=O) groups is 2. The van der Waals surface area contributed by atoms with E-state index in [0.29, 0.717) is 23.7 Å². The van der Waals surface area contributed by atoms with Gasteiger partial charge in [-0.3, -0.25) is 9.59 Å². The van der Waals surface area contributed by atoms with Gasteiger partial charge in [-0.1, -0.05) is 11.8 Å². The highest BCUT2D eigenvalue weighted by Crippen LogP contribution is 2.35. The van der Waals surface area contributed by atoms with Crippen LogP contribution < -0.4 is 20.5 Å². The average molecular weight is 444 g/mol. The smallest absolute Gasteiger partial charge is 0.251 e. The molecule has 31 heavy (non-hydrogen) atoms. The van der Waals surface area contributed by atoms with Gasteiger partial charge in [0.2, 0.25) is 5.91 Å². The Morgan fingerprint density at radius 3 is 2.71 bits per heavy atom. The van der Waals surface area contributed by atoms with Crippen molar-refractivity contribution in [3.8, 4) is 11.5 Å². The molecule has 0 radical (unpaired) electrons. The Morgan fingerprint density at radius 1 is 1.29 bits per heavy atom. The molecular formula is C23H29N3O4S. The van der Waals surface area contributed by atoms with E-state index in [-0.39, 0.29) is 17.8 Å². The molecular weight excluding hydrogens is 414 g/mol. The van der Waals surface area contributed by atoms with Gasteiger partial charge >= 0.3 is 0 Å². The fourth-order valence-corrected chi connectivity index (χ4v) is 4.56. The average Bonchev–Trinajstić information content (AvgIpc) is 3.07. The maximum atomic E-state index is 12.5. The van der Waals surface area contributed by atoms with E-state index in [9.17, 15) is 9.59 Å². The van der Waals surface area contributed by atoms with Gasteiger partial charge in [-0.15, -0.1) is 0 Å². The van der Waals surface area contributed by atoms with Crippen LogP contribution in [-0.4, -0.2) is 35.3 Å². The Labute approximate surface area is 187 Å². The molecule has 1 aromatic carbocycles. The lowest BCUT2D eigenvalue weighted by Crippen LogP contribution is -2.25. The van der Waals surface area contributed by atoms with Crippen molar-refractivity contribution in [2.24, 2.45) is 5.73 Å². The van der Waals surface area contributed by atoms with Crippen LogP contribution in [0, 0.1) is 20.8 Å². The van der Waals surface area contributed by atoms with Crippen LogP contribution in [0.25, 0.3) is 0 Å². The van der Waals surface area contributed by atoms with Gasteiger partial charge in [0, 0.05) is 29.8 Å². The van der Waals surface area contributed by atoms with Crippen LogP contribution in [0.15, 0.2) is 17.2 Å². The summed E-state index contributed by atoms with van der Waals surface area (Å²) in [6.45, 7) is 10.5. The molecule has 8 heteroatoms. The van der Waals surface area contributed by atoms with Crippen LogP contribution in [0.1, 0.15) is 52.2 Å². The van der Waals surface area contributed by atoms with Gasteiger partial charge in [-0.2, -0.15) is 0 Å². The molecule has 3 rings (SSSR count). The molecule has 0 saturated heterocycles. The number of nitrogens with zero attached hydrogens (tertiary/aromatic N) is 1. The van der Waals surface area contributed by atoms with Gasteiger partial charge in [0.15, 0.2) is 0 Å². The number of hydrogen-bond donors (Lipinski definition) is 2. The molecule has 2 heterocycles. The second kappa shape index (κ2) is 9.60. The molecule has 3 N–H and O–H groups in total. The molecule has 2 amide bonds. The zero-order valence-corrected chi connectivity index (χ0v) is 19.4. The van der Waals surface area contributed by atoms with Gasteiger partial charge in [-0.05, 0) is 57.9 Å². The van der Waals surface area contributed by atoms with Crippen LogP contribution in [-0.2, 0) is 17.8 Å². The van der Waals surface area contributed by atoms with E-state index >= 15 is 0 Å². The van der Waals surface area contributed by atoms with E-state index in [2.05, 4.69) is 10.3 Å². The third-order valence-electron chi connectivity index (χ3n) is 5.40. The molecule has 0 fully saturated rings. The van der Waals surface area contributed by atoms with E-state index in [0.717, 1.165) is 45.9 Å². The third-order valence-corrected chi connectivity index (χ3v) is 6.38. The first-order valence-corrected chi connectivity index (χ1v) is 11.3. The number of thioether (sulfide) groups is 1. The zero-order valence-electron chi connectivity index (χ0n) is 18.6. The largest absolute Gasteiger partial charge is 0.494 e. The lowest BCUT2D eigenvalue weighted by molar-refractivity contribution is -0.118. The van der Waals surface area contributed by atoms with E-state index in [4.69, 9.17) is 15.2 Å². The number of nitrogens with two attached hydrogens (primary N) is 1. The molecule has 7 nitrogen and oxygen atoms in total. The minimum Gasteiger partial charge on any atom is -0.494 e.